The molecule has 0 unspecified atom stereocenters. The number of ether oxygens (including phenoxy) is 2. The van der Waals surface area contributed by atoms with E-state index in [1.165, 1.54) is 38.2 Å². The number of hydrogen-bond donors (Lipinski definition) is 1. The first-order chi connectivity index (χ1) is 19.3. The molecule has 1 N–H and O–H groups in total. The fourth-order valence-corrected chi connectivity index (χ4v) is 9.87. The van der Waals surface area contributed by atoms with Crippen LogP contribution in [0.15, 0.2) is 42.0 Å². The van der Waals surface area contributed by atoms with Gasteiger partial charge in [0.1, 0.15) is 12.2 Å². The van der Waals surface area contributed by atoms with E-state index in [0.29, 0.717) is 35.2 Å². The summed E-state index contributed by atoms with van der Waals surface area (Å²) in [7, 11) is 0. The molecule has 3 saturated carbocycles. The topological polar surface area (TPSA) is 72.8 Å². The van der Waals surface area contributed by atoms with Crippen LogP contribution in [0.2, 0.25) is 0 Å². The van der Waals surface area contributed by atoms with Crippen molar-refractivity contribution in [3.8, 4) is 0 Å². The van der Waals surface area contributed by atoms with Gasteiger partial charge in [-0.05, 0) is 124 Å². The van der Waals surface area contributed by atoms with Crippen molar-refractivity contribution in [2.24, 2.45) is 40.4 Å². The lowest BCUT2D eigenvalue weighted by Gasteiger charge is -2.58. The number of fused-ring (bicyclic) bond motifs is 5. The van der Waals surface area contributed by atoms with Crippen LogP contribution in [0.5, 0.6) is 0 Å². The predicted molar refractivity (Wildman–Crippen MR) is 161 cm³/mol. The molecular formula is C36H52O5. The molecule has 41 heavy (non-hydrogen) atoms. The summed E-state index contributed by atoms with van der Waals surface area (Å²) in [6.07, 6.45) is 12.9. The zero-order chi connectivity index (χ0) is 29.6. The molecule has 9 atom stereocenters. The molecule has 5 heteroatoms. The van der Waals surface area contributed by atoms with Gasteiger partial charge in [0.2, 0.25) is 0 Å². The van der Waals surface area contributed by atoms with Crippen LogP contribution in [0.25, 0.3) is 0 Å². The standard InChI is InChI=1S/C36H52O5/c1-23(12-17-32(34(3,4)39)40-24(2)37)29-15-16-30-28-14-13-26-22-27(41-33(38)25-10-8-7-9-11-25)18-20-35(26,5)31(28)19-21-36(29,30)6/h7-11,13,23,27-32,39H,12,14-22H2,1-6H3/t23-,27+,28+,29-,30+,31+,32-,35+,36-/m1/s1. The van der Waals surface area contributed by atoms with E-state index in [4.69, 9.17) is 9.47 Å². The van der Waals surface area contributed by atoms with E-state index in [0.717, 1.165) is 43.9 Å². The monoisotopic (exact) mass is 564 g/mol. The first kappa shape index (κ1) is 30.3. The quantitative estimate of drug-likeness (QED) is 0.257. The van der Waals surface area contributed by atoms with Crippen LogP contribution in [0.1, 0.15) is 116 Å². The maximum absolute atomic E-state index is 12.7. The van der Waals surface area contributed by atoms with E-state index in [-0.39, 0.29) is 23.5 Å². The molecule has 3 fully saturated rings. The molecule has 0 amide bonds. The average Bonchev–Trinajstić information content (AvgIpc) is 3.28. The summed E-state index contributed by atoms with van der Waals surface area (Å²) >= 11 is 0. The average molecular weight is 565 g/mol. The zero-order valence-corrected chi connectivity index (χ0v) is 26.2. The molecule has 5 nitrogen and oxygen atoms in total. The Morgan fingerprint density at radius 3 is 2.44 bits per heavy atom. The summed E-state index contributed by atoms with van der Waals surface area (Å²) in [6, 6.07) is 9.37. The molecule has 0 heterocycles. The maximum Gasteiger partial charge on any atom is 0.338 e. The molecular weight excluding hydrogens is 512 g/mol. The smallest absolute Gasteiger partial charge is 0.338 e. The number of rotatable bonds is 8. The van der Waals surface area contributed by atoms with Gasteiger partial charge in [0.25, 0.3) is 0 Å². The molecule has 226 valence electrons. The highest BCUT2D eigenvalue weighted by molar-refractivity contribution is 5.89. The van der Waals surface area contributed by atoms with Crippen molar-refractivity contribution < 1.29 is 24.2 Å². The van der Waals surface area contributed by atoms with E-state index < -0.39 is 11.7 Å². The third kappa shape index (κ3) is 5.90. The maximum atomic E-state index is 12.7. The Kier molecular flexibility index (Phi) is 8.51. The Hall–Kier alpha value is -2.14. The normalized spacial score (nSPS) is 36.2. The summed E-state index contributed by atoms with van der Waals surface area (Å²) in [4.78, 5) is 24.4. The summed E-state index contributed by atoms with van der Waals surface area (Å²) in [5, 5.41) is 10.6. The van der Waals surface area contributed by atoms with Crippen LogP contribution in [-0.2, 0) is 14.3 Å². The number of esters is 2. The molecule has 5 rings (SSSR count). The highest BCUT2D eigenvalue weighted by atomic mass is 16.6. The Bertz CT molecular complexity index is 1130. The molecule has 0 aromatic heterocycles. The number of carbonyl (C=O) groups is 2. The number of allylic oxidation sites excluding steroid dienone is 1. The molecule has 1 aromatic rings. The van der Waals surface area contributed by atoms with E-state index in [1.807, 2.05) is 30.3 Å². The van der Waals surface area contributed by atoms with Gasteiger partial charge >= 0.3 is 11.9 Å². The third-order valence-electron chi connectivity index (χ3n) is 12.1. The van der Waals surface area contributed by atoms with Gasteiger partial charge in [0.15, 0.2) is 0 Å². The van der Waals surface area contributed by atoms with E-state index in [9.17, 15) is 14.7 Å². The summed E-state index contributed by atoms with van der Waals surface area (Å²) in [5.41, 5.74) is 1.69. The number of aliphatic hydroxyl groups is 1. The Balaban J connectivity index is 1.24. The number of hydrogen-bond acceptors (Lipinski definition) is 5. The van der Waals surface area contributed by atoms with Crippen LogP contribution < -0.4 is 0 Å². The Morgan fingerprint density at radius 1 is 1.02 bits per heavy atom. The Labute approximate surface area is 247 Å². The fraction of sp³-hybridized carbons (Fsp3) is 0.722. The van der Waals surface area contributed by atoms with Crippen LogP contribution >= 0.6 is 0 Å². The van der Waals surface area contributed by atoms with Gasteiger partial charge in [0, 0.05) is 13.3 Å². The van der Waals surface area contributed by atoms with E-state index in [1.54, 1.807) is 13.8 Å². The van der Waals surface area contributed by atoms with Crippen LogP contribution in [0, 0.1) is 40.4 Å². The molecule has 0 bridgehead atoms. The lowest BCUT2D eigenvalue weighted by atomic mass is 9.47. The summed E-state index contributed by atoms with van der Waals surface area (Å²) in [5.74, 6) is 2.86. The van der Waals surface area contributed by atoms with Crippen molar-refractivity contribution in [3.05, 3.63) is 47.5 Å². The number of carbonyl (C=O) groups excluding carboxylic acids is 2. The van der Waals surface area contributed by atoms with Crippen LogP contribution in [-0.4, -0.2) is 34.9 Å². The van der Waals surface area contributed by atoms with Crippen molar-refractivity contribution in [3.63, 3.8) is 0 Å². The van der Waals surface area contributed by atoms with Crippen LogP contribution in [0.3, 0.4) is 0 Å². The van der Waals surface area contributed by atoms with Crippen molar-refractivity contribution in [1.29, 1.82) is 0 Å². The van der Waals surface area contributed by atoms with Gasteiger partial charge in [-0.2, -0.15) is 0 Å². The van der Waals surface area contributed by atoms with Crippen molar-refractivity contribution in [1.82, 2.24) is 0 Å². The molecule has 1 aromatic carbocycles. The predicted octanol–water partition coefficient (Wildman–Crippen LogP) is 7.91. The van der Waals surface area contributed by atoms with Crippen molar-refractivity contribution in [2.75, 3.05) is 0 Å². The van der Waals surface area contributed by atoms with Crippen LogP contribution in [0.4, 0.5) is 0 Å². The van der Waals surface area contributed by atoms with Gasteiger partial charge in [-0.15, -0.1) is 0 Å². The second-order valence-electron chi connectivity index (χ2n) is 14.9. The minimum atomic E-state index is -1.04. The molecule has 0 saturated heterocycles. The lowest BCUT2D eigenvalue weighted by Crippen LogP contribution is -2.51. The second-order valence-corrected chi connectivity index (χ2v) is 14.9. The minimum Gasteiger partial charge on any atom is -0.460 e. The minimum absolute atomic E-state index is 0.0242. The molecule has 4 aliphatic carbocycles. The highest BCUT2D eigenvalue weighted by Crippen LogP contribution is 2.67. The van der Waals surface area contributed by atoms with Gasteiger partial charge in [-0.25, -0.2) is 4.79 Å². The van der Waals surface area contributed by atoms with Gasteiger partial charge in [-0.3, -0.25) is 4.79 Å². The van der Waals surface area contributed by atoms with Crippen molar-refractivity contribution in [2.45, 2.75) is 124 Å². The molecule has 4 aliphatic rings. The zero-order valence-electron chi connectivity index (χ0n) is 26.2. The first-order valence-corrected chi connectivity index (χ1v) is 16.2. The van der Waals surface area contributed by atoms with Gasteiger partial charge in [-0.1, -0.05) is 50.6 Å². The molecule has 0 spiro atoms. The lowest BCUT2D eigenvalue weighted by molar-refractivity contribution is -0.160. The summed E-state index contributed by atoms with van der Waals surface area (Å²) in [6.45, 7) is 12.4. The van der Waals surface area contributed by atoms with Gasteiger partial charge < -0.3 is 14.6 Å². The fourth-order valence-electron chi connectivity index (χ4n) is 9.87. The Morgan fingerprint density at radius 2 is 1.76 bits per heavy atom. The molecule has 0 radical (unpaired) electrons. The summed E-state index contributed by atoms with van der Waals surface area (Å²) < 4.78 is 11.5. The van der Waals surface area contributed by atoms with E-state index in [2.05, 4.69) is 26.8 Å². The van der Waals surface area contributed by atoms with Crippen molar-refractivity contribution >= 4 is 11.9 Å². The molecule has 0 aliphatic heterocycles. The van der Waals surface area contributed by atoms with Gasteiger partial charge in [0.05, 0.1) is 11.2 Å². The third-order valence-corrected chi connectivity index (χ3v) is 12.1. The first-order valence-electron chi connectivity index (χ1n) is 16.2. The SMILES string of the molecule is CC(=O)O[C@H](CC[C@@H](C)[C@H]1CC[C@H]2[C@@H]3CC=C4C[C@@H](OC(=O)c5ccccc5)CC[C@]4(C)[C@H]3CC[C@]12C)C(C)(C)O. The van der Waals surface area contributed by atoms with E-state index >= 15 is 0 Å². The second kappa shape index (κ2) is 11.5. The highest BCUT2D eigenvalue weighted by Gasteiger charge is 2.59. The largest absolute Gasteiger partial charge is 0.460 e. The number of benzene rings is 1.